The van der Waals surface area contributed by atoms with E-state index in [9.17, 15) is 17.6 Å². The molecule has 2 saturated carbocycles. The van der Waals surface area contributed by atoms with Crippen LogP contribution in [0.2, 0.25) is 0 Å². The van der Waals surface area contributed by atoms with Crippen LogP contribution in [0.15, 0.2) is 30.6 Å². The van der Waals surface area contributed by atoms with Crippen molar-refractivity contribution in [2.24, 2.45) is 5.92 Å². The zero-order chi connectivity index (χ0) is 23.3. The van der Waals surface area contributed by atoms with E-state index in [2.05, 4.69) is 15.8 Å². The zero-order valence-electron chi connectivity index (χ0n) is 17.3. The molecule has 1 N–H and O–H groups in total. The Balaban J connectivity index is 1.61. The van der Waals surface area contributed by atoms with Crippen LogP contribution in [-0.4, -0.2) is 14.8 Å². The molecular formula is C23H19F5N4S. The molecule has 0 saturated heterocycles. The number of nitrogens with zero attached hydrogens (tertiary/aromatic N) is 3. The summed E-state index contributed by atoms with van der Waals surface area (Å²) >= 11 is 1.63. The molecule has 3 aromatic rings. The van der Waals surface area contributed by atoms with E-state index in [4.69, 9.17) is 5.26 Å². The Bertz CT molecular complexity index is 1250. The van der Waals surface area contributed by atoms with Crippen LogP contribution >= 0.6 is 11.9 Å². The minimum Gasteiger partial charge on any atom is -0.344 e. The molecule has 0 spiro atoms. The molecule has 2 fully saturated rings. The van der Waals surface area contributed by atoms with E-state index in [0.29, 0.717) is 47.8 Å². The Morgan fingerprint density at radius 2 is 1.91 bits per heavy atom. The van der Waals surface area contributed by atoms with E-state index in [1.807, 2.05) is 10.8 Å². The SMILES string of the molecule is N#CC1CC(n2cc(CNSC3CC3)c3cc(F)c(-c4cc(F)cnc4C(F)(F)F)cc32)C1. The smallest absolute Gasteiger partial charge is 0.344 e. The van der Waals surface area contributed by atoms with Gasteiger partial charge >= 0.3 is 6.18 Å². The monoisotopic (exact) mass is 478 g/mol. The Kier molecular flexibility index (Phi) is 5.57. The molecule has 2 heterocycles. The van der Waals surface area contributed by atoms with Crippen molar-refractivity contribution in [3.63, 3.8) is 0 Å². The minimum atomic E-state index is -4.87. The van der Waals surface area contributed by atoms with Crippen LogP contribution in [0.25, 0.3) is 22.0 Å². The summed E-state index contributed by atoms with van der Waals surface area (Å²) in [6.07, 6.45) is 1.02. The van der Waals surface area contributed by atoms with Gasteiger partial charge in [0.15, 0.2) is 5.69 Å². The van der Waals surface area contributed by atoms with Crippen molar-refractivity contribution in [2.45, 2.75) is 49.7 Å². The Hall–Kier alpha value is -2.64. The zero-order valence-corrected chi connectivity index (χ0v) is 18.1. The first-order chi connectivity index (χ1) is 15.7. The van der Waals surface area contributed by atoms with Crippen LogP contribution < -0.4 is 4.72 Å². The van der Waals surface area contributed by atoms with Crippen molar-refractivity contribution in [3.8, 4) is 17.2 Å². The fourth-order valence-electron chi connectivity index (χ4n) is 4.20. The van der Waals surface area contributed by atoms with E-state index >= 15 is 4.39 Å². The van der Waals surface area contributed by atoms with Gasteiger partial charge in [0.2, 0.25) is 0 Å². The van der Waals surface area contributed by atoms with Gasteiger partial charge in [0.05, 0.1) is 18.2 Å². The third-order valence-electron chi connectivity index (χ3n) is 6.14. The first-order valence-electron chi connectivity index (χ1n) is 10.6. The predicted molar refractivity (Wildman–Crippen MR) is 115 cm³/mol. The lowest BCUT2D eigenvalue weighted by Gasteiger charge is -2.32. The lowest BCUT2D eigenvalue weighted by atomic mass is 9.81. The summed E-state index contributed by atoms with van der Waals surface area (Å²) in [5, 5.41) is 10.3. The number of hydrogen-bond acceptors (Lipinski definition) is 4. The average Bonchev–Trinajstić information content (AvgIpc) is 3.48. The molecule has 10 heteroatoms. The Morgan fingerprint density at radius 3 is 2.58 bits per heavy atom. The Labute approximate surface area is 190 Å². The van der Waals surface area contributed by atoms with Gasteiger partial charge in [-0.15, -0.1) is 0 Å². The van der Waals surface area contributed by atoms with Gasteiger partial charge in [0.1, 0.15) is 11.6 Å². The van der Waals surface area contributed by atoms with Gasteiger partial charge in [0, 0.05) is 46.1 Å². The largest absolute Gasteiger partial charge is 0.433 e. The van der Waals surface area contributed by atoms with E-state index in [1.54, 1.807) is 11.9 Å². The molecular weight excluding hydrogens is 459 g/mol. The van der Waals surface area contributed by atoms with Crippen molar-refractivity contribution in [1.29, 1.82) is 5.26 Å². The van der Waals surface area contributed by atoms with Crippen molar-refractivity contribution < 1.29 is 22.0 Å². The van der Waals surface area contributed by atoms with E-state index in [-0.39, 0.29) is 17.5 Å². The first kappa shape index (κ1) is 22.2. The molecule has 5 rings (SSSR count). The first-order valence-corrected chi connectivity index (χ1v) is 11.5. The summed E-state index contributed by atoms with van der Waals surface area (Å²) in [7, 11) is 0. The minimum absolute atomic E-state index is 0.00647. The molecule has 0 amide bonds. The molecule has 0 aliphatic heterocycles. The van der Waals surface area contributed by atoms with Gasteiger partial charge in [-0.1, -0.05) is 11.9 Å². The number of benzene rings is 1. The van der Waals surface area contributed by atoms with Gasteiger partial charge in [0.25, 0.3) is 0 Å². The summed E-state index contributed by atoms with van der Waals surface area (Å²) in [5.74, 6) is -1.94. The number of nitrogens with one attached hydrogen (secondary N) is 1. The highest BCUT2D eigenvalue weighted by Crippen LogP contribution is 2.43. The normalized spacial score (nSPS) is 20.6. The molecule has 4 nitrogen and oxygen atoms in total. The van der Waals surface area contributed by atoms with Crippen molar-refractivity contribution >= 4 is 22.9 Å². The number of fused-ring (bicyclic) bond motifs is 1. The summed E-state index contributed by atoms with van der Waals surface area (Å²) in [6.45, 7) is 0.465. The van der Waals surface area contributed by atoms with E-state index in [1.165, 1.54) is 12.1 Å². The lowest BCUT2D eigenvalue weighted by Crippen LogP contribution is -2.25. The van der Waals surface area contributed by atoms with Crippen LogP contribution in [0.5, 0.6) is 0 Å². The number of pyridine rings is 1. The molecule has 1 aromatic carbocycles. The number of halogens is 5. The number of rotatable bonds is 6. The highest BCUT2D eigenvalue weighted by molar-refractivity contribution is 7.98. The van der Waals surface area contributed by atoms with Crippen molar-refractivity contribution in [2.75, 3.05) is 0 Å². The number of nitriles is 1. The predicted octanol–water partition coefficient (Wildman–Crippen LogP) is 6.38. The fourth-order valence-corrected chi connectivity index (χ4v) is 5.05. The second kappa shape index (κ2) is 8.29. The van der Waals surface area contributed by atoms with Crippen molar-refractivity contribution in [1.82, 2.24) is 14.3 Å². The third kappa shape index (κ3) is 4.32. The quantitative estimate of drug-likeness (QED) is 0.330. The fraction of sp³-hybridized carbons (Fsp3) is 0.391. The molecule has 0 radical (unpaired) electrons. The second-order valence-corrected chi connectivity index (χ2v) is 9.74. The van der Waals surface area contributed by atoms with Crippen LogP contribution in [-0.2, 0) is 12.7 Å². The summed E-state index contributed by atoms with van der Waals surface area (Å²) in [6, 6.07) is 5.43. The lowest BCUT2D eigenvalue weighted by molar-refractivity contribution is -0.140. The number of hydrogen-bond donors (Lipinski definition) is 1. The van der Waals surface area contributed by atoms with Gasteiger partial charge < -0.3 is 4.57 Å². The van der Waals surface area contributed by atoms with Crippen LogP contribution in [0, 0.1) is 28.9 Å². The summed E-state index contributed by atoms with van der Waals surface area (Å²) in [4.78, 5) is 3.20. The summed E-state index contributed by atoms with van der Waals surface area (Å²) in [5.41, 5.74) is -0.960. The number of alkyl halides is 3. The summed E-state index contributed by atoms with van der Waals surface area (Å²) < 4.78 is 74.8. The van der Waals surface area contributed by atoms with E-state index < -0.39 is 29.1 Å². The molecule has 33 heavy (non-hydrogen) atoms. The standard InChI is InChI=1S/C23H19F5N4S/c24-14-5-19(22(30-10-14)23(26,27)28)18-7-21-17(6-20(18)25)13(9-31-33-16-1-2-16)11-32(21)15-3-12(4-15)8-29/h5-7,10-12,15-16,31H,1-4,9H2. The highest BCUT2D eigenvalue weighted by atomic mass is 32.2. The van der Waals surface area contributed by atoms with Crippen LogP contribution in [0.3, 0.4) is 0 Å². The number of aromatic nitrogens is 2. The molecule has 172 valence electrons. The topological polar surface area (TPSA) is 53.6 Å². The molecule has 2 aliphatic carbocycles. The molecule has 2 aliphatic rings. The molecule has 0 atom stereocenters. The van der Waals surface area contributed by atoms with Gasteiger partial charge in [-0.2, -0.15) is 18.4 Å². The Morgan fingerprint density at radius 1 is 1.15 bits per heavy atom. The highest BCUT2D eigenvalue weighted by Gasteiger charge is 2.37. The average molecular weight is 478 g/mol. The van der Waals surface area contributed by atoms with Gasteiger partial charge in [-0.3, -0.25) is 4.72 Å². The van der Waals surface area contributed by atoms with Gasteiger partial charge in [-0.05, 0) is 49.4 Å². The third-order valence-corrected chi connectivity index (χ3v) is 7.26. The maximum Gasteiger partial charge on any atom is 0.433 e. The van der Waals surface area contributed by atoms with Crippen LogP contribution in [0.1, 0.15) is 43.0 Å². The molecule has 0 unspecified atom stereocenters. The van der Waals surface area contributed by atoms with Crippen LogP contribution in [0.4, 0.5) is 22.0 Å². The van der Waals surface area contributed by atoms with Crippen molar-refractivity contribution in [3.05, 3.63) is 53.5 Å². The second-order valence-electron chi connectivity index (χ2n) is 8.55. The van der Waals surface area contributed by atoms with E-state index in [0.717, 1.165) is 18.4 Å². The maximum atomic E-state index is 15.2. The molecule has 0 bridgehead atoms. The van der Waals surface area contributed by atoms with Gasteiger partial charge in [-0.25, -0.2) is 13.8 Å². The molecule has 2 aromatic heterocycles. The maximum absolute atomic E-state index is 15.2.